The Kier molecular flexibility index (Phi) is 4.76. The molecule has 0 aromatic heterocycles. The van der Waals surface area contributed by atoms with Crippen LogP contribution in [0.2, 0.25) is 0 Å². The minimum absolute atomic E-state index is 0.0439. The molecule has 0 fully saturated rings. The molecule has 2 N–H and O–H groups in total. The van der Waals surface area contributed by atoms with E-state index in [0.29, 0.717) is 10.8 Å². The molecule has 10 nitrogen and oxygen atoms in total. The summed E-state index contributed by atoms with van der Waals surface area (Å²) in [7, 11) is 0. The van der Waals surface area contributed by atoms with E-state index in [4.69, 9.17) is 0 Å². The van der Waals surface area contributed by atoms with Crippen molar-refractivity contribution >= 4 is 57.7 Å². The number of carboxylic acid groups (broad SMARTS) is 2. The number of nitrogens with zero attached hydrogens (tertiary/aromatic N) is 2. The molecule has 4 aromatic rings. The molecular weight excluding hydrogens is 492 g/mol. The lowest BCUT2D eigenvalue weighted by Gasteiger charge is -2.20. The normalized spacial score (nSPS) is 14.3. The van der Waals surface area contributed by atoms with Crippen LogP contribution in [0.4, 0.5) is 11.4 Å². The number of rotatable bonds is 4. The van der Waals surface area contributed by atoms with Crippen molar-refractivity contribution in [2.45, 2.75) is 0 Å². The maximum absolute atomic E-state index is 13.3. The molecule has 0 saturated carbocycles. The molecule has 6 rings (SSSR count). The average Bonchev–Trinajstić information content (AvgIpc) is 3.31. The third kappa shape index (κ3) is 3.07. The van der Waals surface area contributed by atoms with E-state index in [1.807, 2.05) is 0 Å². The van der Waals surface area contributed by atoms with Gasteiger partial charge in [-0.05, 0) is 48.5 Å². The van der Waals surface area contributed by atoms with Gasteiger partial charge in [-0.1, -0.05) is 24.3 Å². The zero-order chi connectivity index (χ0) is 26.9. The maximum Gasteiger partial charge on any atom is 0.335 e. The van der Waals surface area contributed by atoms with Gasteiger partial charge in [0.05, 0.1) is 44.8 Å². The van der Waals surface area contributed by atoms with E-state index in [1.54, 1.807) is 24.3 Å². The van der Waals surface area contributed by atoms with Gasteiger partial charge in [0.2, 0.25) is 0 Å². The molecule has 2 aliphatic rings. The Balaban J connectivity index is 1.47. The Bertz CT molecular complexity index is 1690. The number of carboxylic acids is 2. The molecule has 2 heterocycles. The van der Waals surface area contributed by atoms with Crippen molar-refractivity contribution < 1.29 is 39.0 Å². The van der Waals surface area contributed by atoms with Crippen LogP contribution in [0.15, 0.2) is 72.8 Å². The third-order valence-electron chi connectivity index (χ3n) is 6.62. The quantitative estimate of drug-likeness (QED) is 0.397. The van der Waals surface area contributed by atoms with Gasteiger partial charge >= 0.3 is 11.9 Å². The second kappa shape index (κ2) is 7.93. The zero-order valence-corrected chi connectivity index (χ0v) is 19.2. The Morgan fingerprint density at radius 1 is 0.500 bits per heavy atom. The molecule has 0 aliphatic carbocycles. The molecule has 0 saturated heterocycles. The summed E-state index contributed by atoms with van der Waals surface area (Å²) in [5.41, 5.74) is 0.141. The largest absolute Gasteiger partial charge is 0.478 e. The highest BCUT2D eigenvalue weighted by Crippen LogP contribution is 2.39. The van der Waals surface area contributed by atoms with E-state index in [1.165, 1.54) is 36.4 Å². The number of benzene rings is 4. The van der Waals surface area contributed by atoms with Crippen molar-refractivity contribution in [2.24, 2.45) is 0 Å². The minimum Gasteiger partial charge on any atom is -0.478 e. The molecule has 2 aliphatic heterocycles. The Labute approximate surface area is 212 Å². The highest BCUT2D eigenvalue weighted by atomic mass is 16.4. The van der Waals surface area contributed by atoms with Gasteiger partial charge in [-0.2, -0.15) is 0 Å². The summed E-state index contributed by atoms with van der Waals surface area (Å²) in [6.45, 7) is 0. The van der Waals surface area contributed by atoms with Crippen molar-refractivity contribution in [2.75, 3.05) is 9.80 Å². The van der Waals surface area contributed by atoms with Gasteiger partial charge in [0.25, 0.3) is 23.6 Å². The highest BCUT2D eigenvalue weighted by molar-refractivity contribution is 6.38. The molecule has 38 heavy (non-hydrogen) atoms. The van der Waals surface area contributed by atoms with E-state index >= 15 is 0 Å². The van der Waals surface area contributed by atoms with E-state index in [2.05, 4.69) is 0 Å². The minimum atomic E-state index is -1.24. The summed E-state index contributed by atoms with van der Waals surface area (Å²) in [6, 6.07) is 16.8. The average molecular weight is 506 g/mol. The number of amides is 4. The van der Waals surface area contributed by atoms with Gasteiger partial charge in [0, 0.05) is 10.8 Å². The number of aromatic carboxylic acids is 2. The molecule has 0 unspecified atom stereocenters. The van der Waals surface area contributed by atoms with Crippen molar-refractivity contribution in [1.29, 1.82) is 0 Å². The van der Waals surface area contributed by atoms with Crippen LogP contribution in [0.25, 0.3) is 10.8 Å². The van der Waals surface area contributed by atoms with Crippen molar-refractivity contribution in [3.05, 3.63) is 106 Å². The lowest BCUT2D eigenvalue weighted by molar-refractivity contribution is 0.0686. The van der Waals surface area contributed by atoms with E-state index in [-0.39, 0.29) is 44.8 Å². The Morgan fingerprint density at radius 2 is 0.868 bits per heavy atom. The van der Waals surface area contributed by atoms with Crippen LogP contribution >= 0.6 is 0 Å². The topological polar surface area (TPSA) is 149 Å². The first-order chi connectivity index (χ1) is 18.2. The van der Waals surface area contributed by atoms with Crippen LogP contribution in [0.1, 0.15) is 62.1 Å². The molecule has 0 atom stereocenters. The number of hydrogen-bond acceptors (Lipinski definition) is 6. The van der Waals surface area contributed by atoms with Crippen LogP contribution in [0.3, 0.4) is 0 Å². The zero-order valence-electron chi connectivity index (χ0n) is 19.2. The van der Waals surface area contributed by atoms with Gasteiger partial charge in [-0.15, -0.1) is 0 Å². The van der Waals surface area contributed by atoms with Crippen LogP contribution in [-0.2, 0) is 0 Å². The predicted molar refractivity (Wildman–Crippen MR) is 133 cm³/mol. The second-order valence-electron chi connectivity index (χ2n) is 8.67. The molecule has 4 aromatic carbocycles. The monoisotopic (exact) mass is 506 g/mol. The number of carbonyl (C=O) groups excluding carboxylic acids is 4. The molecule has 4 amide bonds. The first-order valence-corrected chi connectivity index (χ1v) is 11.2. The smallest absolute Gasteiger partial charge is 0.335 e. The van der Waals surface area contributed by atoms with Crippen molar-refractivity contribution in [3.8, 4) is 0 Å². The fourth-order valence-corrected chi connectivity index (χ4v) is 4.85. The summed E-state index contributed by atoms with van der Waals surface area (Å²) in [6.07, 6.45) is 0. The number of fused-ring (bicyclic) bond motifs is 3. The molecule has 10 heteroatoms. The third-order valence-corrected chi connectivity index (χ3v) is 6.62. The Morgan fingerprint density at radius 3 is 1.24 bits per heavy atom. The number of hydrogen-bond donors (Lipinski definition) is 2. The number of anilines is 2. The van der Waals surface area contributed by atoms with Crippen LogP contribution in [0.5, 0.6) is 0 Å². The summed E-state index contributed by atoms with van der Waals surface area (Å²) >= 11 is 0. The summed E-state index contributed by atoms with van der Waals surface area (Å²) < 4.78 is 0. The first-order valence-electron chi connectivity index (χ1n) is 11.2. The van der Waals surface area contributed by atoms with Gasteiger partial charge in [-0.3, -0.25) is 19.2 Å². The fourth-order valence-electron chi connectivity index (χ4n) is 4.85. The summed E-state index contributed by atoms with van der Waals surface area (Å²) in [5, 5.41) is 19.3. The van der Waals surface area contributed by atoms with Gasteiger partial charge in [0.1, 0.15) is 0 Å². The Hall–Kier alpha value is -5.64. The number of imide groups is 2. The van der Waals surface area contributed by atoms with Crippen molar-refractivity contribution in [1.82, 2.24) is 0 Å². The molecule has 0 bridgehead atoms. The summed E-state index contributed by atoms with van der Waals surface area (Å²) in [5.74, 6) is -5.15. The lowest BCUT2D eigenvalue weighted by atomic mass is 10.0. The maximum atomic E-state index is 13.3. The molecule has 184 valence electrons. The van der Waals surface area contributed by atoms with Crippen LogP contribution in [-0.4, -0.2) is 45.8 Å². The molecular formula is C28H14N2O8. The van der Waals surface area contributed by atoms with E-state index in [9.17, 15) is 39.0 Å². The number of carbonyl (C=O) groups is 6. The van der Waals surface area contributed by atoms with E-state index in [0.717, 1.165) is 21.9 Å². The predicted octanol–water partition coefficient (Wildman–Crippen LogP) is 3.84. The standard InChI is InChI=1S/C28H14N2O8/c31-23-17-9-7-13(27(35)36)11-19(17)25(33)29(23)21-5-1-3-15-16(21)4-2-6-22(15)30-24(32)18-10-8-14(28(37)38)12-20(18)26(30)34/h1-12H,(H,35,36)(H,37,38). The molecule has 0 spiro atoms. The highest BCUT2D eigenvalue weighted by Gasteiger charge is 2.40. The van der Waals surface area contributed by atoms with E-state index < -0.39 is 35.6 Å². The van der Waals surface area contributed by atoms with Crippen molar-refractivity contribution in [3.63, 3.8) is 0 Å². The molecule has 0 radical (unpaired) electrons. The second-order valence-corrected chi connectivity index (χ2v) is 8.67. The lowest BCUT2D eigenvalue weighted by Crippen LogP contribution is -2.30. The van der Waals surface area contributed by atoms with Crippen LogP contribution < -0.4 is 9.80 Å². The van der Waals surface area contributed by atoms with Crippen LogP contribution in [0, 0.1) is 0 Å². The van der Waals surface area contributed by atoms with Gasteiger partial charge < -0.3 is 10.2 Å². The summed E-state index contributed by atoms with van der Waals surface area (Å²) in [4.78, 5) is 77.5. The fraction of sp³-hybridized carbons (Fsp3) is 0. The SMILES string of the molecule is O=C(O)c1ccc2c(c1)C(=O)N(c1cccc3c(N4C(=O)c5ccc(C(=O)O)cc5C4=O)cccc13)C2=O. The van der Waals surface area contributed by atoms with Gasteiger partial charge in [-0.25, -0.2) is 19.4 Å². The first kappa shape index (κ1) is 22.8. The van der Waals surface area contributed by atoms with Gasteiger partial charge in [0.15, 0.2) is 0 Å².